The third kappa shape index (κ3) is 3.17. The number of aliphatic imine (C=N–C) groups is 1. The van der Waals surface area contributed by atoms with E-state index in [2.05, 4.69) is 21.8 Å². The molecule has 0 atom stereocenters. The quantitative estimate of drug-likeness (QED) is 0.801. The number of phenols is 2. The molecular formula is C14H21N3O2. The van der Waals surface area contributed by atoms with Crippen molar-refractivity contribution in [3.63, 3.8) is 0 Å². The van der Waals surface area contributed by atoms with Crippen LogP contribution in [0.1, 0.15) is 13.8 Å². The molecule has 5 nitrogen and oxygen atoms in total. The molecule has 104 valence electrons. The smallest absolute Gasteiger partial charge is 0.147 e. The van der Waals surface area contributed by atoms with Crippen molar-refractivity contribution in [1.82, 2.24) is 4.90 Å². The van der Waals surface area contributed by atoms with Gasteiger partial charge in [-0.05, 0) is 20.9 Å². The van der Waals surface area contributed by atoms with E-state index >= 15 is 0 Å². The summed E-state index contributed by atoms with van der Waals surface area (Å²) in [5, 5.41) is 20.0. The summed E-state index contributed by atoms with van der Waals surface area (Å²) in [6.45, 7) is 7.40. The van der Waals surface area contributed by atoms with Gasteiger partial charge < -0.3 is 20.0 Å². The standard InChI is InChI=1S/C14H21N3O2/c1-10(2)15-14-12(18)8-11(9-13(14)19)17-6-4-16(3)5-7-17/h8-9,18-19H,4-7H2,1-3H3. The topological polar surface area (TPSA) is 59.3 Å². The molecule has 0 saturated carbocycles. The molecule has 0 bridgehead atoms. The van der Waals surface area contributed by atoms with Crippen LogP contribution >= 0.6 is 0 Å². The molecule has 2 rings (SSSR count). The van der Waals surface area contributed by atoms with Gasteiger partial charge in [0, 0.05) is 49.7 Å². The van der Waals surface area contributed by atoms with Gasteiger partial charge in [0.25, 0.3) is 0 Å². The molecule has 5 heteroatoms. The summed E-state index contributed by atoms with van der Waals surface area (Å²) in [4.78, 5) is 8.56. The Balaban J connectivity index is 2.27. The van der Waals surface area contributed by atoms with Gasteiger partial charge in [0.15, 0.2) is 0 Å². The van der Waals surface area contributed by atoms with E-state index in [0.717, 1.165) is 37.6 Å². The number of rotatable bonds is 2. The highest BCUT2D eigenvalue weighted by molar-refractivity contribution is 5.85. The molecule has 0 spiro atoms. The van der Waals surface area contributed by atoms with E-state index < -0.39 is 0 Å². The monoisotopic (exact) mass is 263 g/mol. The number of likely N-dealkylation sites (N-methyl/N-ethyl adjacent to an activating group) is 1. The van der Waals surface area contributed by atoms with Crippen molar-refractivity contribution in [2.45, 2.75) is 13.8 Å². The zero-order valence-corrected chi connectivity index (χ0v) is 11.7. The SMILES string of the molecule is CC(C)=Nc1c(O)cc(N2CCN(C)CC2)cc1O. The number of aromatic hydroxyl groups is 2. The predicted molar refractivity (Wildman–Crippen MR) is 77.9 cm³/mol. The van der Waals surface area contributed by atoms with Crippen LogP contribution in [0.5, 0.6) is 11.5 Å². The average Bonchev–Trinajstić information content (AvgIpc) is 2.34. The van der Waals surface area contributed by atoms with Crippen molar-refractivity contribution in [1.29, 1.82) is 0 Å². The second-order valence-corrected chi connectivity index (χ2v) is 5.18. The molecule has 0 radical (unpaired) electrons. The summed E-state index contributed by atoms with van der Waals surface area (Å²) in [5.74, 6) is 0.0465. The number of phenolic OH excluding ortho intramolecular Hbond substituents is 2. The minimum atomic E-state index is 0.0233. The summed E-state index contributed by atoms with van der Waals surface area (Å²) in [7, 11) is 2.09. The lowest BCUT2D eigenvalue weighted by molar-refractivity contribution is 0.312. The molecule has 19 heavy (non-hydrogen) atoms. The van der Waals surface area contributed by atoms with Gasteiger partial charge in [0.2, 0.25) is 0 Å². The fourth-order valence-corrected chi connectivity index (χ4v) is 2.18. The molecule has 1 saturated heterocycles. The molecule has 0 unspecified atom stereocenters. The molecule has 1 aliphatic rings. The normalized spacial score (nSPS) is 16.5. The van der Waals surface area contributed by atoms with E-state index in [-0.39, 0.29) is 17.2 Å². The highest BCUT2D eigenvalue weighted by Gasteiger charge is 2.17. The van der Waals surface area contributed by atoms with Gasteiger partial charge in [0.05, 0.1) is 0 Å². The van der Waals surface area contributed by atoms with Gasteiger partial charge in [-0.25, -0.2) is 0 Å². The Kier molecular flexibility index (Phi) is 3.95. The van der Waals surface area contributed by atoms with E-state index in [1.165, 1.54) is 0 Å². The van der Waals surface area contributed by atoms with E-state index in [1.807, 2.05) is 13.8 Å². The van der Waals surface area contributed by atoms with Crippen molar-refractivity contribution in [3.8, 4) is 11.5 Å². The van der Waals surface area contributed by atoms with Crippen molar-refractivity contribution in [3.05, 3.63) is 12.1 Å². The van der Waals surface area contributed by atoms with Crippen LogP contribution in [0.3, 0.4) is 0 Å². The first-order chi connectivity index (χ1) is 8.97. The number of benzene rings is 1. The van der Waals surface area contributed by atoms with Crippen molar-refractivity contribution >= 4 is 17.1 Å². The molecule has 0 amide bonds. The van der Waals surface area contributed by atoms with Gasteiger partial charge in [-0.1, -0.05) is 0 Å². The zero-order chi connectivity index (χ0) is 14.0. The second kappa shape index (κ2) is 5.48. The maximum atomic E-state index is 10.00. The predicted octanol–water partition coefficient (Wildman–Crippen LogP) is 1.96. The highest BCUT2D eigenvalue weighted by atomic mass is 16.3. The summed E-state index contributed by atoms with van der Waals surface area (Å²) in [6.07, 6.45) is 0. The minimum absolute atomic E-state index is 0.0233. The van der Waals surface area contributed by atoms with Gasteiger partial charge >= 0.3 is 0 Å². The Morgan fingerprint density at radius 3 is 2.05 bits per heavy atom. The zero-order valence-electron chi connectivity index (χ0n) is 11.7. The van der Waals surface area contributed by atoms with Crippen LogP contribution in [0, 0.1) is 0 Å². The highest BCUT2D eigenvalue weighted by Crippen LogP contribution is 2.40. The molecule has 0 aromatic heterocycles. The first-order valence-corrected chi connectivity index (χ1v) is 6.48. The van der Waals surface area contributed by atoms with Crippen LogP contribution in [-0.2, 0) is 0 Å². The lowest BCUT2D eigenvalue weighted by atomic mass is 10.2. The second-order valence-electron chi connectivity index (χ2n) is 5.18. The number of anilines is 1. The number of nitrogens with zero attached hydrogens (tertiary/aromatic N) is 3. The Morgan fingerprint density at radius 1 is 1.05 bits per heavy atom. The Bertz CT molecular complexity index is 464. The van der Waals surface area contributed by atoms with E-state index in [4.69, 9.17) is 0 Å². The third-order valence-electron chi connectivity index (χ3n) is 3.26. The van der Waals surface area contributed by atoms with E-state index in [9.17, 15) is 10.2 Å². The van der Waals surface area contributed by atoms with Gasteiger partial charge in [-0.3, -0.25) is 4.99 Å². The molecular weight excluding hydrogens is 242 g/mol. The first kappa shape index (κ1) is 13.7. The average molecular weight is 263 g/mol. The van der Waals surface area contributed by atoms with Crippen LogP contribution < -0.4 is 4.90 Å². The number of hydrogen-bond donors (Lipinski definition) is 2. The Hall–Kier alpha value is -1.75. The fourth-order valence-electron chi connectivity index (χ4n) is 2.18. The van der Waals surface area contributed by atoms with Gasteiger partial charge in [-0.15, -0.1) is 0 Å². The van der Waals surface area contributed by atoms with Crippen molar-refractivity contribution in [2.24, 2.45) is 4.99 Å². The van der Waals surface area contributed by atoms with Crippen LogP contribution in [0.25, 0.3) is 0 Å². The summed E-state index contributed by atoms with van der Waals surface area (Å²) in [5.41, 5.74) is 1.88. The minimum Gasteiger partial charge on any atom is -0.505 e. The fraction of sp³-hybridized carbons (Fsp3) is 0.500. The Labute approximate surface area is 113 Å². The van der Waals surface area contributed by atoms with E-state index in [1.54, 1.807) is 12.1 Å². The Morgan fingerprint density at radius 2 is 1.58 bits per heavy atom. The molecule has 1 fully saturated rings. The van der Waals surface area contributed by atoms with Gasteiger partial charge in [-0.2, -0.15) is 0 Å². The lowest BCUT2D eigenvalue weighted by Crippen LogP contribution is -2.44. The number of piperazine rings is 1. The largest absolute Gasteiger partial charge is 0.505 e. The van der Waals surface area contributed by atoms with Crippen LogP contribution in [0.2, 0.25) is 0 Å². The maximum absolute atomic E-state index is 10.00. The summed E-state index contributed by atoms with van der Waals surface area (Å²) in [6, 6.07) is 3.35. The first-order valence-electron chi connectivity index (χ1n) is 6.48. The lowest BCUT2D eigenvalue weighted by Gasteiger charge is -2.34. The van der Waals surface area contributed by atoms with Crippen LogP contribution in [-0.4, -0.2) is 54.1 Å². The molecule has 0 aliphatic carbocycles. The summed E-state index contributed by atoms with van der Waals surface area (Å²) < 4.78 is 0. The van der Waals surface area contributed by atoms with Crippen LogP contribution in [0.4, 0.5) is 11.4 Å². The van der Waals surface area contributed by atoms with Crippen molar-refractivity contribution in [2.75, 3.05) is 38.1 Å². The van der Waals surface area contributed by atoms with Crippen molar-refractivity contribution < 1.29 is 10.2 Å². The molecule has 1 aliphatic heterocycles. The third-order valence-corrected chi connectivity index (χ3v) is 3.26. The van der Waals surface area contributed by atoms with E-state index in [0.29, 0.717) is 0 Å². The molecule has 1 heterocycles. The van der Waals surface area contributed by atoms with Crippen LogP contribution in [0.15, 0.2) is 17.1 Å². The molecule has 2 N–H and O–H groups in total. The molecule has 1 aromatic carbocycles. The number of hydrogen-bond acceptors (Lipinski definition) is 5. The van der Waals surface area contributed by atoms with Gasteiger partial charge in [0.1, 0.15) is 17.2 Å². The molecule has 1 aromatic rings. The summed E-state index contributed by atoms with van der Waals surface area (Å²) >= 11 is 0. The maximum Gasteiger partial charge on any atom is 0.147 e.